The Balaban J connectivity index is 5.50. The van der Waals surface area contributed by atoms with E-state index >= 15 is 0 Å². The van der Waals surface area contributed by atoms with Gasteiger partial charge in [-0.05, 0) is 73.1 Å². The molecular formula is C55H99NO14. The van der Waals surface area contributed by atoms with Crippen molar-refractivity contribution in [1.29, 1.82) is 0 Å². The molecule has 0 saturated carbocycles. The number of nitrogens with zero attached hydrogens (tertiary/aromatic N) is 1. The van der Waals surface area contributed by atoms with Crippen molar-refractivity contribution in [1.82, 2.24) is 4.90 Å². The first kappa shape index (κ1) is 66.1. The number of rotatable bonds is 44. The van der Waals surface area contributed by atoms with Gasteiger partial charge in [0.2, 0.25) is 0 Å². The standard InChI is InChI=1S/C55H99NO14/c1-10-14-18-22-26-32-46(57)64-40-54(8,41-65-47(58)33-27-23-19-15-11-2)44-68-50(61)36-30-38-56(52(63)70-53(5,6)7)39-31-37-51(62)69-45-55(9,42-66-48(59)34-28-24-20-16-12-3)43-67-49(60)35-29-25-21-17-13-4/h10-45H2,1-9H3. The fourth-order valence-corrected chi connectivity index (χ4v) is 7.15. The van der Waals surface area contributed by atoms with E-state index in [1.165, 1.54) is 4.90 Å². The summed E-state index contributed by atoms with van der Waals surface area (Å²) in [6, 6.07) is 0. The van der Waals surface area contributed by atoms with E-state index in [2.05, 4.69) is 27.7 Å². The molecule has 70 heavy (non-hydrogen) atoms. The largest absolute Gasteiger partial charge is 0.465 e. The number of hydrogen-bond donors (Lipinski definition) is 0. The highest BCUT2D eigenvalue weighted by Gasteiger charge is 2.33. The minimum atomic E-state index is -0.976. The fourth-order valence-electron chi connectivity index (χ4n) is 7.15. The SMILES string of the molecule is CCCCCCCC(=O)OCC(C)(COC(=O)CCCCCCC)COC(=O)CCCN(CCCC(=O)OCC(C)(COC(=O)CCCCCCC)COC(=O)CCCCCCC)C(=O)OC(C)(C)C. The highest BCUT2D eigenvalue weighted by atomic mass is 16.6. The lowest BCUT2D eigenvalue weighted by atomic mass is 9.94. The van der Waals surface area contributed by atoms with Crippen LogP contribution in [0, 0.1) is 10.8 Å². The molecule has 0 aliphatic rings. The lowest BCUT2D eigenvalue weighted by molar-refractivity contribution is -0.163. The number of ether oxygens (including phenoxy) is 7. The molecule has 0 fully saturated rings. The molecule has 408 valence electrons. The van der Waals surface area contributed by atoms with Gasteiger partial charge in [-0.3, -0.25) is 28.8 Å². The summed E-state index contributed by atoms with van der Waals surface area (Å²) in [4.78, 5) is 91.3. The normalized spacial score (nSPS) is 11.7. The number of carbonyl (C=O) groups excluding carboxylic acids is 7. The van der Waals surface area contributed by atoms with Crippen LogP contribution in [0.25, 0.3) is 0 Å². The molecule has 0 atom stereocenters. The highest BCUT2D eigenvalue weighted by Crippen LogP contribution is 2.23. The van der Waals surface area contributed by atoms with Gasteiger partial charge in [0.1, 0.15) is 45.2 Å². The minimum Gasteiger partial charge on any atom is -0.465 e. The van der Waals surface area contributed by atoms with Crippen molar-refractivity contribution in [3.8, 4) is 0 Å². The van der Waals surface area contributed by atoms with Crippen LogP contribution < -0.4 is 0 Å². The van der Waals surface area contributed by atoms with Gasteiger partial charge in [-0.1, -0.05) is 130 Å². The average molecular weight is 998 g/mol. The molecule has 0 radical (unpaired) electrons. The van der Waals surface area contributed by atoms with Gasteiger partial charge in [0.05, 0.1) is 10.8 Å². The van der Waals surface area contributed by atoms with Crippen molar-refractivity contribution < 1.29 is 66.7 Å². The van der Waals surface area contributed by atoms with Gasteiger partial charge in [0.25, 0.3) is 0 Å². The Morgan fingerprint density at radius 1 is 0.314 bits per heavy atom. The maximum absolute atomic E-state index is 13.3. The summed E-state index contributed by atoms with van der Waals surface area (Å²) in [5.74, 6) is -2.49. The second-order valence-electron chi connectivity index (χ2n) is 20.9. The van der Waals surface area contributed by atoms with Crippen molar-refractivity contribution in [3.05, 3.63) is 0 Å². The number of amides is 1. The Labute approximate surface area is 423 Å². The van der Waals surface area contributed by atoms with E-state index in [0.717, 1.165) is 128 Å². The second-order valence-corrected chi connectivity index (χ2v) is 20.9. The zero-order valence-corrected chi connectivity index (χ0v) is 45.6. The third kappa shape index (κ3) is 38.8. The van der Waals surface area contributed by atoms with Crippen molar-refractivity contribution in [2.24, 2.45) is 10.8 Å². The van der Waals surface area contributed by atoms with Gasteiger partial charge >= 0.3 is 41.9 Å². The van der Waals surface area contributed by atoms with Gasteiger partial charge in [-0.2, -0.15) is 0 Å². The van der Waals surface area contributed by atoms with Gasteiger partial charge in [0.15, 0.2) is 0 Å². The summed E-state index contributed by atoms with van der Waals surface area (Å²) >= 11 is 0. The molecule has 0 heterocycles. The van der Waals surface area contributed by atoms with E-state index in [0.29, 0.717) is 0 Å². The number of unbranched alkanes of at least 4 members (excludes halogenated alkanes) is 16. The molecule has 15 nitrogen and oxygen atoms in total. The van der Waals surface area contributed by atoms with Crippen molar-refractivity contribution in [2.75, 3.05) is 52.7 Å². The molecule has 0 aromatic rings. The van der Waals surface area contributed by atoms with Gasteiger partial charge in [-0.25, -0.2) is 4.79 Å². The van der Waals surface area contributed by atoms with Gasteiger partial charge in [-0.15, -0.1) is 0 Å². The van der Waals surface area contributed by atoms with Gasteiger partial charge in [0, 0.05) is 51.6 Å². The molecule has 0 aromatic carbocycles. The fraction of sp³-hybridized carbons (Fsp3) is 0.873. The first-order valence-electron chi connectivity index (χ1n) is 27.2. The summed E-state index contributed by atoms with van der Waals surface area (Å²) < 4.78 is 39.4. The maximum Gasteiger partial charge on any atom is 0.410 e. The molecule has 0 spiro atoms. The average Bonchev–Trinajstić information content (AvgIpc) is 3.31. The van der Waals surface area contributed by atoms with Crippen molar-refractivity contribution >= 4 is 41.9 Å². The van der Waals surface area contributed by atoms with Crippen LogP contribution in [-0.4, -0.2) is 105 Å². The lowest BCUT2D eigenvalue weighted by Crippen LogP contribution is -2.39. The predicted octanol–water partition coefficient (Wildman–Crippen LogP) is 12.5. The molecule has 0 saturated heterocycles. The predicted molar refractivity (Wildman–Crippen MR) is 272 cm³/mol. The number of carbonyl (C=O) groups is 7. The molecule has 0 rings (SSSR count). The molecule has 0 aromatic heterocycles. The quantitative estimate of drug-likeness (QED) is 0.0318. The zero-order chi connectivity index (χ0) is 52.5. The third-order valence-electron chi connectivity index (χ3n) is 11.7. The van der Waals surface area contributed by atoms with Crippen LogP contribution in [0.5, 0.6) is 0 Å². The van der Waals surface area contributed by atoms with E-state index in [1.807, 2.05) is 0 Å². The van der Waals surface area contributed by atoms with Crippen LogP contribution in [0.2, 0.25) is 0 Å². The third-order valence-corrected chi connectivity index (χ3v) is 11.7. The first-order valence-corrected chi connectivity index (χ1v) is 27.2. The highest BCUT2D eigenvalue weighted by molar-refractivity contribution is 5.72. The van der Waals surface area contributed by atoms with Crippen molar-refractivity contribution in [2.45, 2.75) is 248 Å². The zero-order valence-electron chi connectivity index (χ0n) is 45.6. The van der Waals surface area contributed by atoms with Gasteiger partial charge < -0.3 is 38.1 Å². The summed E-state index contributed by atoms with van der Waals surface area (Å²) in [6.45, 7) is 16.8. The summed E-state index contributed by atoms with van der Waals surface area (Å²) in [5, 5.41) is 0. The Hall–Kier alpha value is -3.91. The smallest absolute Gasteiger partial charge is 0.410 e. The monoisotopic (exact) mass is 998 g/mol. The minimum absolute atomic E-state index is 0.0437. The first-order chi connectivity index (χ1) is 33.3. The van der Waals surface area contributed by atoms with Crippen LogP contribution in [0.4, 0.5) is 4.79 Å². The Bertz CT molecular complexity index is 1290. The molecule has 15 heteroatoms. The second kappa shape index (κ2) is 40.7. The van der Waals surface area contributed by atoms with E-state index in [-0.39, 0.29) is 128 Å². The molecular weight excluding hydrogens is 899 g/mol. The Kier molecular flexibility index (Phi) is 38.4. The summed E-state index contributed by atoms with van der Waals surface area (Å²) in [5.41, 5.74) is -2.75. The Morgan fingerprint density at radius 3 is 0.743 bits per heavy atom. The van der Waals surface area contributed by atoms with E-state index in [4.69, 9.17) is 33.2 Å². The molecule has 0 aliphatic heterocycles. The number of hydrogen-bond acceptors (Lipinski definition) is 14. The van der Waals surface area contributed by atoms with E-state index in [1.54, 1.807) is 34.6 Å². The van der Waals surface area contributed by atoms with Crippen LogP contribution in [0.1, 0.15) is 242 Å². The van der Waals surface area contributed by atoms with Crippen molar-refractivity contribution in [3.63, 3.8) is 0 Å². The molecule has 0 bridgehead atoms. The summed E-state index contributed by atoms with van der Waals surface area (Å²) in [7, 11) is 0. The molecule has 1 amide bonds. The summed E-state index contributed by atoms with van der Waals surface area (Å²) in [6.07, 6.45) is 20.6. The van der Waals surface area contributed by atoms with Crippen LogP contribution in [0.3, 0.4) is 0 Å². The van der Waals surface area contributed by atoms with Crippen LogP contribution in [-0.2, 0) is 61.9 Å². The molecule has 0 aliphatic carbocycles. The van der Waals surface area contributed by atoms with Crippen LogP contribution >= 0.6 is 0 Å². The lowest BCUT2D eigenvalue weighted by Gasteiger charge is -2.29. The van der Waals surface area contributed by atoms with E-state index < -0.39 is 34.5 Å². The maximum atomic E-state index is 13.3. The number of esters is 6. The topological polar surface area (TPSA) is 187 Å². The van der Waals surface area contributed by atoms with Crippen LogP contribution in [0.15, 0.2) is 0 Å². The Morgan fingerprint density at radius 2 is 0.529 bits per heavy atom. The van der Waals surface area contributed by atoms with E-state index in [9.17, 15) is 33.6 Å². The molecule has 0 N–H and O–H groups in total. The molecule has 0 unspecified atom stereocenters.